The summed E-state index contributed by atoms with van der Waals surface area (Å²) in [6, 6.07) is 8.48. The molecule has 2 unspecified atom stereocenters. The van der Waals surface area contributed by atoms with Crippen LogP contribution in [-0.4, -0.2) is 0 Å². The van der Waals surface area contributed by atoms with Gasteiger partial charge in [0.05, 0.1) is 0 Å². The third-order valence-corrected chi connectivity index (χ3v) is 4.49. The van der Waals surface area contributed by atoms with Crippen molar-refractivity contribution in [2.24, 2.45) is 25.9 Å². The molecule has 2 aromatic rings. The van der Waals surface area contributed by atoms with E-state index < -0.39 is 0 Å². The van der Waals surface area contributed by atoms with E-state index in [0.29, 0.717) is 0 Å². The van der Waals surface area contributed by atoms with Gasteiger partial charge in [-0.2, -0.15) is 0 Å². The largest absolute Gasteiger partial charge is 0.208 e. The van der Waals surface area contributed by atoms with Gasteiger partial charge in [-0.05, 0) is 29.4 Å². The number of aromatic nitrogens is 2. The number of hydrogen-bond acceptors (Lipinski definition) is 0. The molecule has 0 saturated carbocycles. The molecular formula is C21H34N2+2. The summed E-state index contributed by atoms with van der Waals surface area (Å²) in [7, 11) is 4.05. The van der Waals surface area contributed by atoms with Gasteiger partial charge in [0.2, 0.25) is 0 Å². The molecule has 0 aromatic carbocycles. The van der Waals surface area contributed by atoms with Crippen LogP contribution < -0.4 is 9.13 Å². The molecule has 0 amide bonds. The minimum atomic E-state index is 0.931. The van der Waals surface area contributed by atoms with Crippen molar-refractivity contribution in [2.75, 3.05) is 0 Å². The SMILES string of the molecule is CCC(C)CC(C)CC.C[n+]1ccc(-c2cc[n+](C)cc2)cc1. The van der Waals surface area contributed by atoms with Gasteiger partial charge < -0.3 is 0 Å². The second kappa shape index (κ2) is 10.1. The van der Waals surface area contributed by atoms with E-state index in [1.165, 1.54) is 30.4 Å². The summed E-state index contributed by atoms with van der Waals surface area (Å²) in [5, 5.41) is 0. The summed E-state index contributed by atoms with van der Waals surface area (Å²) < 4.78 is 4.07. The summed E-state index contributed by atoms with van der Waals surface area (Å²) in [6.45, 7) is 9.22. The monoisotopic (exact) mass is 314 g/mol. The van der Waals surface area contributed by atoms with Crippen molar-refractivity contribution in [1.82, 2.24) is 0 Å². The maximum Gasteiger partial charge on any atom is 0.169 e. The van der Waals surface area contributed by atoms with E-state index in [1.54, 1.807) is 0 Å². The fourth-order valence-electron chi connectivity index (χ4n) is 2.41. The first-order chi connectivity index (χ1) is 11.0. The fourth-order valence-corrected chi connectivity index (χ4v) is 2.41. The molecule has 126 valence electrons. The van der Waals surface area contributed by atoms with Crippen LogP contribution in [-0.2, 0) is 14.1 Å². The Morgan fingerprint density at radius 2 is 1.00 bits per heavy atom. The van der Waals surface area contributed by atoms with Crippen molar-refractivity contribution in [2.45, 2.75) is 47.0 Å². The van der Waals surface area contributed by atoms with Crippen molar-refractivity contribution in [1.29, 1.82) is 0 Å². The minimum Gasteiger partial charge on any atom is -0.208 e. The van der Waals surface area contributed by atoms with Crippen molar-refractivity contribution in [3.8, 4) is 11.1 Å². The van der Waals surface area contributed by atoms with Crippen LogP contribution in [0.5, 0.6) is 0 Å². The zero-order chi connectivity index (χ0) is 17.2. The zero-order valence-corrected chi connectivity index (χ0v) is 15.8. The van der Waals surface area contributed by atoms with Crippen LogP contribution >= 0.6 is 0 Å². The van der Waals surface area contributed by atoms with Crippen molar-refractivity contribution < 1.29 is 9.13 Å². The molecule has 0 N–H and O–H groups in total. The first kappa shape index (κ1) is 19.3. The highest BCUT2D eigenvalue weighted by molar-refractivity contribution is 5.60. The topological polar surface area (TPSA) is 7.76 Å². The van der Waals surface area contributed by atoms with E-state index in [0.717, 1.165) is 11.8 Å². The second-order valence-corrected chi connectivity index (χ2v) is 6.77. The van der Waals surface area contributed by atoms with E-state index in [9.17, 15) is 0 Å². The maximum atomic E-state index is 2.34. The van der Waals surface area contributed by atoms with E-state index in [-0.39, 0.29) is 0 Å². The normalized spacial score (nSPS) is 13.0. The Morgan fingerprint density at radius 3 is 1.26 bits per heavy atom. The smallest absolute Gasteiger partial charge is 0.169 e. The van der Waals surface area contributed by atoms with Gasteiger partial charge in [-0.25, -0.2) is 9.13 Å². The first-order valence-corrected chi connectivity index (χ1v) is 8.87. The average Bonchev–Trinajstić information content (AvgIpc) is 2.56. The van der Waals surface area contributed by atoms with Gasteiger partial charge in [0.25, 0.3) is 0 Å². The molecule has 0 fully saturated rings. The standard InChI is InChI=1S/C12H14N2.C9H20/c1-13-7-3-11(4-8-13)12-5-9-14(2)10-6-12;1-5-8(3)7-9(4)6-2/h3-10H,1-2H3;8-9H,5-7H2,1-4H3/q+2;. The average molecular weight is 315 g/mol. The highest BCUT2D eigenvalue weighted by atomic mass is 14.9. The van der Waals surface area contributed by atoms with Gasteiger partial charge in [-0.15, -0.1) is 0 Å². The molecule has 0 aliphatic carbocycles. The number of rotatable bonds is 5. The Labute approximate surface area is 142 Å². The van der Waals surface area contributed by atoms with E-state index >= 15 is 0 Å². The number of nitrogens with zero attached hydrogens (tertiary/aromatic N) is 2. The van der Waals surface area contributed by atoms with Crippen LogP contribution in [0.15, 0.2) is 49.1 Å². The van der Waals surface area contributed by atoms with Crippen molar-refractivity contribution >= 4 is 0 Å². The van der Waals surface area contributed by atoms with E-state index in [4.69, 9.17) is 0 Å². The predicted octanol–water partition coefficient (Wildman–Crippen LogP) is 4.47. The van der Waals surface area contributed by atoms with Gasteiger partial charge in [-0.3, -0.25) is 0 Å². The molecule has 0 saturated heterocycles. The molecule has 0 radical (unpaired) electrons. The Kier molecular flexibility index (Phi) is 8.53. The summed E-state index contributed by atoms with van der Waals surface area (Å²) in [6.07, 6.45) is 12.3. The molecule has 2 atom stereocenters. The first-order valence-electron chi connectivity index (χ1n) is 8.87. The highest BCUT2D eigenvalue weighted by Gasteiger charge is 2.03. The van der Waals surface area contributed by atoms with Gasteiger partial charge >= 0.3 is 0 Å². The van der Waals surface area contributed by atoms with Crippen LogP contribution in [0.1, 0.15) is 47.0 Å². The minimum absolute atomic E-state index is 0.931. The molecule has 0 aliphatic rings. The zero-order valence-electron chi connectivity index (χ0n) is 15.8. The highest BCUT2D eigenvalue weighted by Crippen LogP contribution is 2.16. The Bertz CT molecular complexity index is 492. The van der Waals surface area contributed by atoms with Crippen LogP contribution in [0.3, 0.4) is 0 Å². The number of aryl methyl sites for hydroxylation is 2. The number of pyridine rings is 2. The molecule has 23 heavy (non-hydrogen) atoms. The van der Waals surface area contributed by atoms with Crippen molar-refractivity contribution in [3.05, 3.63) is 49.1 Å². The Balaban J connectivity index is 0.000000257. The fraction of sp³-hybridized carbons (Fsp3) is 0.524. The number of hydrogen-bond donors (Lipinski definition) is 0. The van der Waals surface area contributed by atoms with Gasteiger partial charge in [0.1, 0.15) is 14.1 Å². The third-order valence-electron chi connectivity index (χ3n) is 4.49. The van der Waals surface area contributed by atoms with Crippen molar-refractivity contribution in [3.63, 3.8) is 0 Å². The molecule has 2 heteroatoms. The lowest BCUT2D eigenvalue weighted by molar-refractivity contribution is -0.671. The van der Waals surface area contributed by atoms with Crippen LogP contribution in [0.2, 0.25) is 0 Å². The molecular weight excluding hydrogens is 280 g/mol. The van der Waals surface area contributed by atoms with Gasteiger partial charge in [0.15, 0.2) is 24.8 Å². The Morgan fingerprint density at radius 1 is 0.696 bits per heavy atom. The maximum absolute atomic E-state index is 2.34. The van der Waals surface area contributed by atoms with Crippen LogP contribution in [0, 0.1) is 11.8 Å². The molecule has 0 spiro atoms. The summed E-state index contributed by atoms with van der Waals surface area (Å²) in [5.41, 5.74) is 2.51. The van der Waals surface area contributed by atoms with Crippen LogP contribution in [0.4, 0.5) is 0 Å². The predicted molar refractivity (Wildman–Crippen MR) is 97.8 cm³/mol. The lowest BCUT2D eigenvalue weighted by Crippen LogP contribution is -2.26. The van der Waals surface area contributed by atoms with Gasteiger partial charge in [0, 0.05) is 24.3 Å². The van der Waals surface area contributed by atoms with Gasteiger partial charge in [-0.1, -0.05) is 40.5 Å². The van der Waals surface area contributed by atoms with E-state index in [2.05, 4.69) is 76.7 Å². The molecule has 2 rings (SSSR count). The molecule has 0 aliphatic heterocycles. The van der Waals surface area contributed by atoms with E-state index in [1.807, 2.05) is 23.2 Å². The quantitative estimate of drug-likeness (QED) is 0.719. The third kappa shape index (κ3) is 7.40. The molecule has 0 bridgehead atoms. The second-order valence-electron chi connectivity index (χ2n) is 6.77. The summed E-state index contributed by atoms with van der Waals surface area (Å²) in [4.78, 5) is 0. The molecule has 2 aromatic heterocycles. The summed E-state index contributed by atoms with van der Waals surface area (Å²) in [5.74, 6) is 1.86. The molecule has 2 heterocycles. The van der Waals surface area contributed by atoms with Crippen LogP contribution in [0.25, 0.3) is 11.1 Å². The lowest BCUT2D eigenvalue weighted by atomic mass is 9.94. The Hall–Kier alpha value is -1.70. The molecule has 2 nitrogen and oxygen atoms in total. The lowest BCUT2D eigenvalue weighted by Gasteiger charge is -2.12. The summed E-state index contributed by atoms with van der Waals surface area (Å²) >= 11 is 0.